The summed E-state index contributed by atoms with van der Waals surface area (Å²) in [5.74, 6) is 0.236. The molecule has 0 bridgehead atoms. The summed E-state index contributed by atoms with van der Waals surface area (Å²) in [6.07, 6.45) is 3.88. The number of nitrogens with zero attached hydrogens (tertiary/aromatic N) is 1. The molecule has 0 aromatic heterocycles. The molecule has 2 atom stereocenters. The van der Waals surface area contributed by atoms with Crippen molar-refractivity contribution in [3.63, 3.8) is 0 Å². The van der Waals surface area contributed by atoms with Gasteiger partial charge in [0.15, 0.2) is 0 Å². The van der Waals surface area contributed by atoms with Crippen LogP contribution in [0, 0.1) is 0 Å². The van der Waals surface area contributed by atoms with Gasteiger partial charge in [0.2, 0.25) is 0 Å². The maximum Gasteiger partial charge on any atom is 0.143 e. The Hall–Kier alpha value is -0.100. The lowest BCUT2D eigenvalue weighted by Crippen LogP contribution is -2.37. The van der Waals surface area contributed by atoms with E-state index in [1.165, 1.54) is 0 Å². The van der Waals surface area contributed by atoms with Crippen molar-refractivity contribution in [2.24, 2.45) is 0 Å². The minimum atomic E-state index is -0.153. The normalized spacial score (nSPS) is 23.8. The molecule has 0 spiro atoms. The van der Waals surface area contributed by atoms with Crippen molar-refractivity contribution in [2.45, 2.75) is 44.4 Å². The van der Waals surface area contributed by atoms with Crippen molar-refractivity contribution >= 4 is 31.9 Å². The van der Waals surface area contributed by atoms with Crippen molar-refractivity contribution in [3.8, 4) is 5.75 Å². The zero-order chi connectivity index (χ0) is 14.0. The van der Waals surface area contributed by atoms with Crippen LogP contribution in [0.5, 0.6) is 5.75 Å². The smallest absolute Gasteiger partial charge is 0.143 e. The molecule has 1 aliphatic rings. The number of aromatic hydroxyl groups is 1. The summed E-state index contributed by atoms with van der Waals surface area (Å²) in [6.45, 7) is 0.814. The second-order valence-corrected chi connectivity index (χ2v) is 7.01. The first kappa shape index (κ1) is 15.3. The number of hydrogen-bond donors (Lipinski definition) is 2. The molecule has 2 N–H and O–H groups in total. The van der Waals surface area contributed by atoms with E-state index >= 15 is 0 Å². The van der Waals surface area contributed by atoms with E-state index in [1.54, 1.807) is 0 Å². The summed E-state index contributed by atoms with van der Waals surface area (Å²) >= 11 is 6.71. The minimum absolute atomic E-state index is 0.153. The van der Waals surface area contributed by atoms with Gasteiger partial charge in [-0.2, -0.15) is 0 Å². The number of halogens is 2. The molecule has 19 heavy (non-hydrogen) atoms. The molecule has 1 saturated carbocycles. The predicted molar refractivity (Wildman–Crippen MR) is 83.2 cm³/mol. The van der Waals surface area contributed by atoms with Gasteiger partial charge in [-0.25, -0.2) is 0 Å². The molecule has 1 aromatic carbocycles. The standard InChI is InChI=1S/C14H19Br2NO2/c1-17(10-3-2-4-11(18)7-10)8-9-5-12(15)14(19)13(16)6-9/h5-6,10-11,18-19H,2-4,7-8H2,1H3/t10-,11+/m0/s1. The highest BCUT2D eigenvalue weighted by Gasteiger charge is 2.23. The molecule has 0 aliphatic heterocycles. The number of hydrogen-bond acceptors (Lipinski definition) is 3. The van der Waals surface area contributed by atoms with Crippen LogP contribution in [0.25, 0.3) is 0 Å². The lowest BCUT2D eigenvalue weighted by molar-refractivity contribution is 0.0700. The van der Waals surface area contributed by atoms with E-state index in [2.05, 4.69) is 43.8 Å². The lowest BCUT2D eigenvalue weighted by atomic mass is 9.92. The Kier molecular flexibility index (Phi) is 5.29. The van der Waals surface area contributed by atoms with Gasteiger partial charge in [-0.1, -0.05) is 0 Å². The molecule has 0 amide bonds. The largest absolute Gasteiger partial charge is 0.506 e. The van der Waals surface area contributed by atoms with Gasteiger partial charge in [0, 0.05) is 12.6 Å². The molecule has 0 radical (unpaired) electrons. The SMILES string of the molecule is CN(Cc1cc(Br)c(O)c(Br)c1)[C@H]1CCC[C@@H](O)C1. The molecule has 0 saturated heterocycles. The summed E-state index contributed by atoms with van der Waals surface area (Å²) in [5, 5.41) is 19.5. The first-order chi connectivity index (χ1) is 8.97. The molecule has 0 heterocycles. The molecule has 0 unspecified atom stereocenters. The number of phenols is 1. The molecular weight excluding hydrogens is 374 g/mol. The Morgan fingerprint density at radius 2 is 1.89 bits per heavy atom. The van der Waals surface area contributed by atoms with E-state index < -0.39 is 0 Å². The maximum atomic E-state index is 9.74. The average molecular weight is 393 g/mol. The fourth-order valence-electron chi connectivity index (χ4n) is 2.67. The van der Waals surface area contributed by atoms with Crippen molar-refractivity contribution in [1.82, 2.24) is 4.90 Å². The number of aliphatic hydroxyl groups is 1. The van der Waals surface area contributed by atoms with E-state index in [1.807, 2.05) is 12.1 Å². The molecular formula is C14H19Br2NO2. The van der Waals surface area contributed by atoms with Gasteiger partial charge in [0.05, 0.1) is 15.0 Å². The highest BCUT2D eigenvalue weighted by molar-refractivity contribution is 9.11. The molecule has 3 nitrogen and oxygen atoms in total. The maximum absolute atomic E-state index is 9.74. The van der Waals surface area contributed by atoms with Gasteiger partial charge in [-0.3, -0.25) is 4.90 Å². The zero-order valence-corrected chi connectivity index (χ0v) is 14.1. The van der Waals surface area contributed by atoms with Gasteiger partial charge in [-0.15, -0.1) is 0 Å². The van der Waals surface area contributed by atoms with Crippen LogP contribution in [0.4, 0.5) is 0 Å². The minimum Gasteiger partial charge on any atom is -0.506 e. The summed E-state index contributed by atoms with van der Waals surface area (Å²) in [5.41, 5.74) is 1.14. The molecule has 1 aliphatic carbocycles. The van der Waals surface area contributed by atoms with Crippen LogP contribution in [0.1, 0.15) is 31.2 Å². The summed E-state index contributed by atoms with van der Waals surface area (Å²) in [4.78, 5) is 2.29. The highest BCUT2D eigenvalue weighted by Crippen LogP contribution is 2.34. The number of phenolic OH excluding ortho intramolecular Hbond substituents is 1. The average Bonchev–Trinajstić information content (AvgIpc) is 2.36. The van der Waals surface area contributed by atoms with Crippen molar-refractivity contribution < 1.29 is 10.2 Å². The molecule has 1 fully saturated rings. The Balaban J connectivity index is 2.04. The molecule has 106 valence electrons. The third-order valence-electron chi connectivity index (χ3n) is 3.75. The second-order valence-electron chi connectivity index (χ2n) is 5.30. The summed E-state index contributed by atoms with van der Waals surface area (Å²) in [7, 11) is 2.09. The van der Waals surface area contributed by atoms with E-state index in [4.69, 9.17) is 0 Å². The fourth-order valence-corrected chi connectivity index (χ4v) is 3.95. The number of benzene rings is 1. The topological polar surface area (TPSA) is 43.7 Å². The first-order valence-corrected chi connectivity index (χ1v) is 8.11. The third kappa shape index (κ3) is 3.94. The fraction of sp³-hybridized carbons (Fsp3) is 0.571. The van der Waals surface area contributed by atoms with Crippen LogP contribution in [0.15, 0.2) is 21.1 Å². The van der Waals surface area contributed by atoms with E-state index in [-0.39, 0.29) is 11.9 Å². The second kappa shape index (κ2) is 6.57. The van der Waals surface area contributed by atoms with Crippen molar-refractivity contribution in [2.75, 3.05) is 7.05 Å². The van der Waals surface area contributed by atoms with Crippen molar-refractivity contribution in [1.29, 1.82) is 0 Å². The van der Waals surface area contributed by atoms with E-state index in [0.717, 1.165) is 37.8 Å². The zero-order valence-electron chi connectivity index (χ0n) is 10.9. The summed E-state index contributed by atoms with van der Waals surface area (Å²) in [6, 6.07) is 4.32. The Labute approximate surface area is 130 Å². The van der Waals surface area contributed by atoms with Gasteiger partial charge in [-0.05, 0) is 82.3 Å². The summed E-state index contributed by atoms with van der Waals surface area (Å²) < 4.78 is 1.41. The monoisotopic (exact) mass is 391 g/mol. The Bertz CT molecular complexity index is 430. The Morgan fingerprint density at radius 1 is 1.26 bits per heavy atom. The van der Waals surface area contributed by atoms with Crippen LogP contribution in [-0.4, -0.2) is 34.3 Å². The highest BCUT2D eigenvalue weighted by atomic mass is 79.9. The predicted octanol–water partition coefficient (Wildman–Crippen LogP) is 3.65. The van der Waals surface area contributed by atoms with Crippen LogP contribution in [-0.2, 0) is 6.54 Å². The van der Waals surface area contributed by atoms with Crippen LogP contribution in [0.2, 0.25) is 0 Å². The van der Waals surface area contributed by atoms with Crippen LogP contribution < -0.4 is 0 Å². The van der Waals surface area contributed by atoms with Crippen LogP contribution in [0.3, 0.4) is 0 Å². The Morgan fingerprint density at radius 3 is 2.47 bits per heavy atom. The van der Waals surface area contributed by atoms with Gasteiger partial charge >= 0.3 is 0 Å². The van der Waals surface area contributed by atoms with Crippen LogP contribution >= 0.6 is 31.9 Å². The number of aliphatic hydroxyl groups excluding tert-OH is 1. The van der Waals surface area contributed by atoms with Gasteiger partial charge in [0.25, 0.3) is 0 Å². The van der Waals surface area contributed by atoms with Gasteiger partial charge in [0.1, 0.15) is 5.75 Å². The molecule has 2 rings (SSSR count). The first-order valence-electron chi connectivity index (χ1n) is 6.52. The van der Waals surface area contributed by atoms with E-state index in [0.29, 0.717) is 15.0 Å². The quantitative estimate of drug-likeness (QED) is 0.824. The lowest BCUT2D eigenvalue weighted by Gasteiger charge is -2.33. The van der Waals surface area contributed by atoms with Gasteiger partial charge < -0.3 is 10.2 Å². The molecule has 5 heteroatoms. The molecule has 1 aromatic rings. The van der Waals surface area contributed by atoms with E-state index in [9.17, 15) is 10.2 Å². The third-order valence-corrected chi connectivity index (χ3v) is 4.96. The van der Waals surface area contributed by atoms with Crippen molar-refractivity contribution in [3.05, 3.63) is 26.6 Å². The number of rotatable bonds is 3.